The van der Waals surface area contributed by atoms with E-state index in [0.29, 0.717) is 18.3 Å². The van der Waals surface area contributed by atoms with Crippen molar-refractivity contribution in [3.05, 3.63) is 35.1 Å². The minimum atomic E-state index is 0. The van der Waals surface area contributed by atoms with Gasteiger partial charge in [0.05, 0.1) is 7.05 Å². The molecule has 0 bridgehead atoms. The number of rotatable bonds is 3. The molecule has 0 unspecified atom stereocenters. The Morgan fingerprint density at radius 1 is 1.21 bits per heavy atom. The highest BCUT2D eigenvalue weighted by Crippen LogP contribution is 2.19. The van der Waals surface area contributed by atoms with Gasteiger partial charge in [0.15, 0.2) is 11.8 Å². The van der Waals surface area contributed by atoms with E-state index in [1.807, 2.05) is 24.3 Å². The topological polar surface area (TPSA) is 88.5 Å². The molecule has 1 fully saturated rings. The average molecular weight is 463 g/mol. The van der Waals surface area contributed by atoms with E-state index in [1.165, 1.54) is 10.5 Å². The number of hydrogen-bond donors (Lipinski definition) is 1. The predicted molar refractivity (Wildman–Crippen MR) is 105 cm³/mol. The highest BCUT2D eigenvalue weighted by atomic mass is 127. The lowest BCUT2D eigenvalue weighted by Crippen LogP contribution is -2.51. The van der Waals surface area contributed by atoms with E-state index >= 15 is 0 Å². The Labute approximate surface area is 162 Å². The summed E-state index contributed by atoms with van der Waals surface area (Å²) in [5.74, 6) is 1.09. The van der Waals surface area contributed by atoms with Crippen molar-refractivity contribution in [2.24, 2.45) is 17.8 Å². The van der Waals surface area contributed by atoms with E-state index in [1.54, 1.807) is 7.05 Å². The zero-order valence-electron chi connectivity index (χ0n) is 13.3. The number of tetrazole rings is 1. The summed E-state index contributed by atoms with van der Waals surface area (Å²) < 4.78 is 0. The Hall–Kier alpha value is -1.62. The number of piperazine rings is 1. The second-order valence-corrected chi connectivity index (χ2v) is 5.76. The molecule has 0 spiro atoms. The van der Waals surface area contributed by atoms with Crippen LogP contribution >= 0.6 is 35.6 Å². The van der Waals surface area contributed by atoms with Gasteiger partial charge in [-0.3, -0.25) is 0 Å². The molecule has 1 aromatic carbocycles. The molecule has 1 aliphatic heterocycles. The smallest absolute Gasteiger partial charge is 0.196 e. The van der Waals surface area contributed by atoms with Gasteiger partial charge in [-0.15, -0.1) is 34.2 Å². The first-order chi connectivity index (χ1) is 11.1. The lowest BCUT2D eigenvalue weighted by molar-refractivity contribution is 0.380. The summed E-state index contributed by atoms with van der Waals surface area (Å²) in [6.45, 7) is 3.78. The summed E-state index contributed by atoms with van der Waals surface area (Å²) in [7, 11) is 1.72. The standard InChI is InChI=1S/C14H19ClN8.HI/c1-21-19-13(18-20-21)10-17-14(16)23-8-6-22(7-9-23)12-4-2-11(15)3-5-12;/h2-5H,6-10H2,1H3,(H2,16,17);1H. The maximum Gasteiger partial charge on any atom is 0.196 e. The molecule has 24 heavy (non-hydrogen) atoms. The lowest BCUT2D eigenvalue weighted by Gasteiger charge is -2.36. The molecule has 1 saturated heterocycles. The minimum absolute atomic E-state index is 0. The molecule has 0 radical (unpaired) electrons. The minimum Gasteiger partial charge on any atom is -0.370 e. The number of benzene rings is 1. The third-order valence-electron chi connectivity index (χ3n) is 3.73. The number of aryl methyl sites for hydroxylation is 1. The van der Waals surface area contributed by atoms with Crippen LogP contribution in [0.5, 0.6) is 0 Å². The van der Waals surface area contributed by atoms with Crippen LogP contribution in [0.15, 0.2) is 29.3 Å². The van der Waals surface area contributed by atoms with Gasteiger partial charge in [0, 0.05) is 36.9 Å². The monoisotopic (exact) mass is 462 g/mol. The molecule has 2 N–H and O–H groups in total. The maximum atomic E-state index is 6.06. The summed E-state index contributed by atoms with van der Waals surface area (Å²) in [5, 5.41) is 12.5. The van der Waals surface area contributed by atoms with E-state index in [4.69, 9.17) is 17.3 Å². The number of aromatic nitrogens is 4. The van der Waals surface area contributed by atoms with Gasteiger partial charge in [-0.25, -0.2) is 4.99 Å². The van der Waals surface area contributed by atoms with E-state index in [0.717, 1.165) is 31.2 Å². The quantitative estimate of drug-likeness (QED) is 0.418. The average Bonchev–Trinajstić information content (AvgIpc) is 2.99. The Balaban J connectivity index is 0.00000208. The number of nitrogens with zero attached hydrogens (tertiary/aromatic N) is 7. The molecule has 130 valence electrons. The number of anilines is 1. The molecule has 3 rings (SSSR count). The third kappa shape index (κ3) is 4.69. The molecule has 1 aromatic heterocycles. The second-order valence-electron chi connectivity index (χ2n) is 5.32. The normalized spacial score (nSPS) is 15.3. The summed E-state index contributed by atoms with van der Waals surface area (Å²) in [4.78, 5) is 10.1. The molecule has 10 heteroatoms. The zero-order valence-corrected chi connectivity index (χ0v) is 16.4. The van der Waals surface area contributed by atoms with E-state index in [2.05, 4.69) is 30.2 Å². The fourth-order valence-corrected chi connectivity index (χ4v) is 2.61. The van der Waals surface area contributed by atoms with Crippen LogP contribution in [0, 0.1) is 0 Å². The van der Waals surface area contributed by atoms with Crippen LogP contribution in [0.2, 0.25) is 5.02 Å². The van der Waals surface area contributed by atoms with Crippen molar-refractivity contribution < 1.29 is 0 Å². The van der Waals surface area contributed by atoms with Gasteiger partial charge >= 0.3 is 0 Å². The van der Waals surface area contributed by atoms with Crippen molar-refractivity contribution in [2.75, 3.05) is 31.1 Å². The Bertz CT molecular complexity index is 678. The van der Waals surface area contributed by atoms with Gasteiger partial charge < -0.3 is 15.5 Å². The van der Waals surface area contributed by atoms with Crippen LogP contribution in [-0.2, 0) is 13.6 Å². The molecule has 1 aliphatic rings. The fourth-order valence-electron chi connectivity index (χ4n) is 2.48. The van der Waals surface area contributed by atoms with Crippen molar-refractivity contribution in [2.45, 2.75) is 6.54 Å². The largest absolute Gasteiger partial charge is 0.370 e. The van der Waals surface area contributed by atoms with Crippen LogP contribution in [-0.4, -0.2) is 57.2 Å². The molecule has 0 atom stereocenters. The van der Waals surface area contributed by atoms with Crippen molar-refractivity contribution >= 4 is 47.2 Å². The molecular weight excluding hydrogens is 443 g/mol. The number of hydrogen-bond acceptors (Lipinski definition) is 5. The highest BCUT2D eigenvalue weighted by molar-refractivity contribution is 14.0. The predicted octanol–water partition coefficient (Wildman–Crippen LogP) is 1.12. The molecular formula is C14H20ClIN8. The summed E-state index contributed by atoms with van der Waals surface area (Å²) in [6.07, 6.45) is 0. The summed E-state index contributed by atoms with van der Waals surface area (Å²) >= 11 is 5.93. The highest BCUT2D eigenvalue weighted by Gasteiger charge is 2.18. The van der Waals surface area contributed by atoms with E-state index in [-0.39, 0.29) is 24.0 Å². The van der Waals surface area contributed by atoms with Crippen LogP contribution in [0.25, 0.3) is 0 Å². The SMILES string of the molecule is Cn1nnc(CN=C(N)N2CCN(c3ccc(Cl)cc3)CC2)n1.I. The third-order valence-corrected chi connectivity index (χ3v) is 3.98. The Morgan fingerprint density at radius 3 is 2.46 bits per heavy atom. The first kappa shape index (κ1) is 18.7. The van der Waals surface area contributed by atoms with Gasteiger partial charge in [-0.1, -0.05) is 11.6 Å². The molecule has 2 aromatic rings. The number of guanidine groups is 1. The second kappa shape index (κ2) is 8.47. The van der Waals surface area contributed by atoms with Gasteiger partial charge in [0.1, 0.15) is 6.54 Å². The van der Waals surface area contributed by atoms with Crippen LogP contribution in [0.1, 0.15) is 5.82 Å². The molecule has 2 heterocycles. The van der Waals surface area contributed by atoms with Crippen molar-refractivity contribution in [1.82, 2.24) is 25.1 Å². The fraction of sp³-hybridized carbons (Fsp3) is 0.429. The summed E-state index contributed by atoms with van der Waals surface area (Å²) in [6, 6.07) is 7.89. The molecule has 0 saturated carbocycles. The first-order valence-electron chi connectivity index (χ1n) is 7.40. The number of aliphatic imine (C=N–C) groups is 1. The van der Waals surface area contributed by atoms with Gasteiger partial charge in [0.2, 0.25) is 0 Å². The van der Waals surface area contributed by atoms with Gasteiger partial charge in [-0.2, -0.15) is 4.80 Å². The lowest BCUT2D eigenvalue weighted by atomic mass is 10.2. The van der Waals surface area contributed by atoms with Gasteiger partial charge in [0.25, 0.3) is 0 Å². The number of halogens is 2. The first-order valence-corrected chi connectivity index (χ1v) is 7.78. The van der Waals surface area contributed by atoms with Crippen molar-refractivity contribution in [1.29, 1.82) is 0 Å². The van der Waals surface area contributed by atoms with Crippen molar-refractivity contribution in [3.63, 3.8) is 0 Å². The van der Waals surface area contributed by atoms with Crippen LogP contribution in [0.3, 0.4) is 0 Å². The van der Waals surface area contributed by atoms with Crippen molar-refractivity contribution in [3.8, 4) is 0 Å². The van der Waals surface area contributed by atoms with Crippen LogP contribution in [0.4, 0.5) is 5.69 Å². The maximum absolute atomic E-state index is 6.06. The van der Waals surface area contributed by atoms with E-state index in [9.17, 15) is 0 Å². The Morgan fingerprint density at radius 2 is 1.88 bits per heavy atom. The van der Waals surface area contributed by atoms with E-state index < -0.39 is 0 Å². The molecule has 0 amide bonds. The van der Waals surface area contributed by atoms with Gasteiger partial charge in [-0.05, 0) is 29.5 Å². The number of nitrogens with two attached hydrogens (primary N) is 1. The molecule has 8 nitrogen and oxygen atoms in total. The molecule has 0 aliphatic carbocycles. The zero-order chi connectivity index (χ0) is 16.2. The Kier molecular flexibility index (Phi) is 6.60. The summed E-state index contributed by atoms with van der Waals surface area (Å²) in [5.41, 5.74) is 7.24. The van der Waals surface area contributed by atoms with Crippen LogP contribution < -0.4 is 10.6 Å².